The van der Waals surface area contributed by atoms with Crippen LogP contribution in [0.2, 0.25) is 0 Å². The second kappa shape index (κ2) is 6.57. The molecular formula is C17H16F3N7O2. The molecule has 1 saturated heterocycles. The highest BCUT2D eigenvalue weighted by molar-refractivity contribution is 5.88. The van der Waals surface area contributed by atoms with E-state index in [0.29, 0.717) is 18.7 Å². The summed E-state index contributed by atoms with van der Waals surface area (Å²) < 4.78 is 43.9. The molecule has 152 valence electrons. The van der Waals surface area contributed by atoms with Crippen molar-refractivity contribution in [1.29, 1.82) is 0 Å². The third kappa shape index (κ3) is 3.41. The van der Waals surface area contributed by atoms with Gasteiger partial charge in [-0.15, -0.1) is 20.4 Å². The lowest BCUT2D eigenvalue weighted by Crippen LogP contribution is -2.32. The van der Waals surface area contributed by atoms with Crippen LogP contribution in [0, 0.1) is 0 Å². The second-order valence-corrected chi connectivity index (χ2v) is 6.84. The van der Waals surface area contributed by atoms with Gasteiger partial charge in [0.25, 0.3) is 5.89 Å². The van der Waals surface area contributed by atoms with E-state index < -0.39 is 17.2 Å². The molecule has 0 saturated carbocycles. The number of nitrogens with one attached hydrogen (secondary N) is 2. The molecule has 1 aliphatic heterocycles. The van der Waals surface area contributed by atoms with Gasteiger partial charge < -0.3 is 15.1 Å². The van der Waals surface area contributed by atoms with Crippen molar-refractivity contribution in [3.05, 3.63) is 35.7 Å². The number of benzene rings is 1. The molecule has 1 aromatic carbocycles. The van der Waals surface area contributed by atoms with Crippen LogP contribution in [0.1, 0.15) is 24.8 Å². The predicted octanol–water partition coefficient (Wildman–Crippen LogP) is 2.41. The zero-order valence-corrected chi connectivity index (χ0v) is 15.4. The van der Waals surface area contributed by atoms with Gasteiger partial charge in [0.1, 0.15) is 5.41 Å². The largest absolute Gasteiger partial charge is 0.418 e. The highest BCUT2D eigenvalue weighted by Gasteiger charge is 2.44. The molecule has 0 unspecified atom stereocenters. The molecule has 0 spiro atoms. The number of aryl methyl sites for hydroxylation is 1. The first-order chi connectivity index (χ1) is 13.7. The highest BCUT2D eigenvalue weighted by atomic mass is 19.4. The third-order valence-electron chi connectivity index (χ3n) is 4.70. The molecule has 3 aromatic rings. The predicted molar refractivity (Wildman–Crippen MR) is 94.0 cm³/mol. The first-order valence-corrected chi connectivity index (χ1v) is 8.65. The topological polar surface area (TPSA) is 111 Å². The van der Waals surface area contributed by atoms with Crippen LogP contribution < -0.4 is 10.6 Å². The Hall–Kier alpha value is -3.44. The summed E-state index contributed by atoms with van der Waals surface area (Å²) in [6, 6.07) is 4.49. The van der Waals surface area contributed by atoms with Crippen LogP contribution in [0.25, 0.3) is 11.6 Å². The van der Waals surface area contributed by atoms with Crippen molar-refractivity contribution in [2.45, 2.75) is 24.9 Å². The van der Waals surface area contributed by atoms with E-state index >= 15 is 0 Å². The standard InChI is InChI=1S/C17H16F3N7O2/c1-16(7-8-21-14(16)28)15-24-23-13(29-15)11-12(26-27(2)25-11)22-10-5-3-9(4-6-10)17(18,19)20/h3-6H,7-8H2,1-2H3,(H,21,28)(H,22,26)/t16-/m0/s1. The summed E-state index contributed by atoms with van der Waals surface area (Å²) in [5, 5.41) is 21.9. The minimum atomic E-state index is -4.42. The Bertz CT molecular complexity index is 1060. The van der Waals surface area contributed by atoms with Crippen LogP contribution in [-0.2, 0) is 23.4 Å². The third-order valence-corrected chi connectivity index (χ3v) is 4.70. The first kappa shape index (κ1) is 18.9. The summed E-state index contributed by atoms with van der Waals surface area (Å²) >= 11 is 0. The van der Waals surface area contributed by atoms with Gasteiger partial charge in [0.2, 0.25) is 11.8 Å². The van der Waals surface area contributed by atoms with Crippen molar-refractivity contribution < 1.29 is 22.4 Å². The number of hydrogen-bond acceptors (Lipinski definition) is 7. The summed E-state index contributed by atoms with van der Waals surface area (Å²) in [4.78, 5) is 13.3. The summed E-state index contributed by atoms with van der Waals surface area (Å²) in [6.45, 7) is 2.23. The molecule has 29 heavy (non-hydrogen) atoms. The molecule has 9 nitrogen and oxygen atoms in total. The van der Waals surface area contributed by atoms with Gasteiger partial charge in [-0.2, -0.15) is 18.0 Å². The van der Waals surface area contributed by atoms with E-state index in [2.05, 4.69) is 31.0 Å². The maximum absolute atomic E-state index is 12.7. The second-order valence-electron chi connectivity index (χ2n) is 6.84. The molecule has 0 aliphatic carbocycles. The normalized spacial score (nSPS) is 19.4. The minimum absolute atomic E-state index is 0.0448. The van der Waals surface area contributed by atoms with Crippen molar-refractivity contribution in [2.24, 2.45) is 7.05 Å². The molecule has 0 bridgehead atoms. The molecule has 12 heteroatoms. The fourth-order valence-electron chi connectivity index (χ4n) is 2.99. The van der Waals surface area contributed by atoms with Gasteiger partial charge in [-0.25, -0.2) is 0 Å². The molecule has 1 fully saturated rings. The fraction of sp³-hybridized carbons (Fsp3) is 0.353. The summed E-state index contributed by atoms with van der Waals surface area (Å²) in [5.74, 6) is 0.232. The van der Waals surface area contributed by atoms with Crippen molar-refractivity contribution in [3.8, 4) is 11.6 Å². The Morgan fingerprint density at radius 3 is 2.55 bits per heavy atom. The number of alkyl halides is 3. The van der Waals surface area contributed by atoms with Gasteiger partial charge in [0, 0.05) is 19.3 Å². The number of halogens is 3. The Labute approximate surface area is 162 Å². The quantitative estimate of drug-likeness (QED) is 0.683. The van der Waals surface area contributed by atoms with Crippen LogP contribution in [0.5, 0.6) is 0 Å². The van der Waals surface area contributed by atoms with E-state index in [1.165, 1.54) is 16.9 Å². The lowest BCUT2D eigenvalue weighted by molar-refractivity contribution is -0.137. The van der Waals surface area contributed by atoms with Gasteiger partial charge >= 0.3 is 6.18 Å². The number of amides is 1. The molecule has 1 amide bonds. The number of nitrogens with zero attached hydrogens (tertiary/aromatic N) is 5. The average molecular weight is 407 g/mol. The fourth-order valence-corrected chi connectivity index (χ4v) is 2.99. The maximum atomic E-state index is 12.7. The molecule has 1 aliphatic rings. The molecule has 1 atom stereocenters. The van der Waals surface area contributed by atoms with Crippen molar-refractivity contribution >= 4 is 17.4 Å². The van der Waals surface area contributed by atoms with Crippen molar-refractivity contribution in [2.75, 3.05) is 11.9 Å². The number of hydrogen-bond donors (Lipinski definition) is 2. The van der Waals surface area contributed by atoms with E-state index in [1.54, 1.807) is 14.0 Å². The van der Waals surface area contributed by atoms with E-state index in [4.69, 9.17) is 4.42 Å². The Morgan fingerprint density at radius 2 is 1.93 bits per heavy atom. The van der Waals surface area contributed by atoms with E-state index in [9.17, 15) is 18.0 Å². The van der Waals surface area contributed by atoms with E-state index in [1.807, 2.05) is 0 Å². The number of anilines is 2. The first-order valence-electron chi connectivity index (χ1n) is 8.65. The number of rotatable bonds is 4. The average Bonchev–Trinajstić information content (AvgIpc) is 3.35. The molecule has 2 aromatic heterocycles. The van der Waals surface area contributed by atoms with Crippen molar-refractivity contribution in [1.82, 2.24) is 30.5 Å². The van der Waals surface area contributed by atoms with Gasteiger partial charge in [-0.05, 0) is 37.6 Å². The van der Waals surface area contributed by atoms with Crippen LogP contribution in [0.3, 0.4) is 0 Å². The molecule has 3 heterocycles. The molecule has 4 rings (SSSR count). The molecule has 2 N–H and O–H groups in total. The maximum Gasteiger partial charge on any atom is 0.416 e. The monoisotopic (exact) mass is 407 g/mol. The lowest BCUT2D eigenvalue weighted by Gasteiger charge is -2.14. The van der Waals surface area contributed by atoms with E-state index in [0.717, 1.165) is 12.1 Å². The van der Waals surface area contributed by atoms with E-state index in [-0.39, 0.29) is 29.2 Å². The van der Waals surface area contributed by atoms with Crippen LogP contribution in [-0.4, -0.2) is 37.6 Å². The summed E-state index contributed by atoms with van der Waals surface area (Å²) in [7, 11) is 1.57. The lowest BCUT2D eigenvalue weighted by atomic mass is 9.89. The Morgan fingerprint density at radius 1 is 1.21 bits per heavy atom. The van der Waals surface area contributed by atoms with Gasteiger partial charge in [-0.1, -0.05) is 0 Å². The molecular weight excluding hydrogens is 391 g/mol. The summed E-state index contributed by atoms with van der Waals surface area (Å²) in [6.07, 6.45) is -3.90. The number of carbonyl (C=O) groups is 1. The Balaban J connectivity index is 1.62. The molecule has 0 radical (unpaired) electrons. The summed E-state index contributed by atoms with van der Waals surface area (Å²) in [5.41, 5.74) is -1.09. The van der Waals surface area contributed by atoms with Gasteiger partial charge in [0.15, 0.2) is 11.5 Å². The van der Waals surface area contributed by atoms with Crippen LogP contribution in [0.4, 0.5) is 24.7 Å². The zero-order chi connectivity index (χ0) is 20.8. The van der Waals surface area contributed by atoms with Gasteiger partial charge in [-0.3, -0.25) is 4.79 Å². The SMILES string of the molecule is Cn1nc(Nc2ccc(C(F)(F)F)cc2)c(-c2nnc([C@@]3(C)CCNC3=O)o2)n1. The smallest absolute Gasteiger partial charge is 0.416 e. The Kier molecular flexibility index (Phi) is 4.28. The number of aromatic nitrogens is 5. The minimum Gasteiger partial charge on any atom is -0.418 e. The van der Waals surface area contributed by atoms with Crippen LogP contribution >= 0.6 is 0 Å². The number of carbonyl (C=O) groups excluding carboxylic acids is 1. The van der Waals surface area contributed by atoms with Crippen molar-refractivity contribution in [3.63, 3.8) is 0 Å². The highest BCUT2D eigenvalue weighted by Crippen LogP contribution is 2.34. The van der Waals surface area contributed by atoms with Gasteiger partial charge in [0.05, 0.1) is 5.56 Å². The van der Waals surface area contributed by atoms with Crippen LogP contribution in [0.15, 0.2) is 28.7 Å². The zero-order valence-electron chi connectivity index (χ0n) is 15.4.